The van der Waals surface area contributed by atoms with Crippen molar-refractivity contribution < 1.29 is 14.6 Å². The van der Waals surface area contributed by atoms with Gasteiger partial charge in [0.2, 0.25) is 5.88 Å². The first-order valence-electron chi connectivity index (χ1n) is 7.93. The van der Waals surface area contributed by atoms with Crippen molar-refractivity contribution in [2.45, 2.75) is 12.5 Å². The van der Waals surface area contributed by atoms with Gasteiger partial charge in [-0.05, 0) is 12.1 Å². The van der Waals surface area contributed by atoms with Gasteiger partial charge < -0.3 is 15.6 Å². The Morgan fingerprint density at radius 1 is 1.30 bits per heavy atom. The molecule has 1 atom stereocenters. The van der Waals surface area contributed by atoms with E-state index in [4.69, 9.17) is 15.6 Å². The molecule has 10 heteroatoms. The molecular weight excluding hydrogens is 354 g/mol. The van der Waals surface area contributed by atoms with Crippen molar-refractivity contribution in [1.29, 1.82) is 0 Å². The number of rotatable bonds is 5. The SMILES string of the molecule is COc1cc2c(=O)n(-c3ccc(CC(N)C(=O)O)nc3)c(=O)n(C)c2cn1. The van der Waals surface area contributed by atoms with Gasteiger partial charge in [0.05, 0.1) is 36.1 Å². The third-order valence-electron chi connectivity index (χ3n) is 4.15. The molecule has 0 aromatic carbocycles. The predicted octanol–water partition coefficient (Wildman–Crippen LogP) is -0.558. The molecule has 0 amide bonds. The van der Waals surface area contributed by atoms with Gasteiger partial charge >= 0.3 is 11.7 Å². The van der Waals surface area contributed by atoms with E-state index in [9.17, 15) is 14.4 Å². The third-order valence-corrected chi connectivity index (χ3v) is 4.15. The summed E-state index contributed by atoms with van der Waals surface area (Å²) in [5.41, 5.74) is 5.46. The zero-order valence-corrected chi connectivity index (χ0v) is 14.6. The molecule has 140 valence electrons. The number of methoxy groups -OCH3 is 1. The van der Waals surface area contributed by atoms with Crippen LogP contribution in [0.1, 0.15) is 5.69 Å². The van der Waals surface area contributed by atoms with E-state index in [1.54, 1.807) is 0 Å². The van der Waals surface area contributed by atoms with Crippen LogP contribution in [0.15, 0.2) is 40.2 Å². The lowest BCUT2D eigenvalue weighted by Gasteiger charge is -2.11. The molecule has 0 bridgehead atoms. The van der Waals surface area contributed by atoms with E-state index in [0.29, 0.717) is 11.2 Å². The molecule has 0 saturated carbocycles. The van der Waals surface area contributed by atoms with Gasteiger partial charge in [-0.3, -0.25) is 19.1 Å². The van der Waals surface area contributed by atoms with Crippen molar-refractivity contribution in [3.8, 4) is 11.6 Å². The number of fused-ring (bicyclic) bond motifs is 1. The Balaban J connectivity index is 2.12. The molecule has 3 aromatic rings. The van der Waals surface area contributed by atoms with Gasteiger partial charge in [0, 0.05) is 25.2 Å². The molecule has 27 heavy (non-hydrogen) atoms. The largest absolute Gasteiger partial charge is 0.481 e. The smallest absolute Gasteiger partial charge is 0.335 e. The Morgan fingerprint density at radius 3 is 2.63 bits per heavy atom. The summed E-state index contributed by atoms with van der Waals surface area (Å²) in [7, 11) is 2.96. The lowest BCUT2D eigenvalue weighted by atomic mass is 10.1. The quantitative estimate of drug-likeness (QED) is 0.608. The van der Waals surface area contributed by atoms with Crippen LogP contribution in [0.25, 0.3) is 16.6 Å². The summed E-state index contributed by atoms with van der Waals surface area (Å²) < 4.78 is 7.33. The molecule has 3 N–H and O–H groups in total. The number of ether oxygens (including phenoxy) is 1. The Hall–Kier alpha value is -3.53. The predicted molar refractivity (Wildman–Crippen MR) is 96.2 cm³/mol. The molecule has 0 saturated heterocycles. The number of hydrogen-bond acceptors (Lipinski definition) is 7. The van der Waals surface area contributed by atoms with Gasteiger partial charge in [-0.15, -0.1) is 0 Å². The third kappa shape index (κ3) is 3.29. The molecule has 3 rings (SSSR count). The lowest BCUT2D eigenvalue weighted by Crippen LogP contribution is -2.38. The second kappa shape index (κ2) is 7.00. The Bertz CT molecular complexity index is 1130. The van der Waals surface area contributed by atoms with E-state index < -0.39 is 23.3 Å². The van der Waals surface area contributed by atoms with Crippen LogP contribution in [0.5, 0.6) is 5.88 Å². The molecule has 3 aromatic heterocycles. The Labute approximate surface area is 152 Å². The standard InChI is InChI=1S/C17H17N5O5/c1-21-13-8-20-14(27-2)6-11(13)15(23)22(17(21)26)10-4-3-9(19-7-10)5-12(18)16(24)25/h3-4,6-8,12H,5,18H2,1-2H3,(H,24,25). The zero-order chi connectivity index (χ0) is 19.7. The van der Waals surface area contributed by atoms with Gasteiger partial charge in [-0.1, -0.05) is 0 Å². The first kappa shape index (κ1) is 18.3. The van der Waals surface area contributed by atoms with E-state index in [-0.39, 0.29) is 23.4 Å². The molecule has 0 fully saturated rings. The van der Waals surface area contributed by atoms with E-state index in [1.165, 1.54) is 49.3 Å². The van der Waals surface area contributed by atoms with Gasteiger partial charge in [0.25, 0.3) is 5.56 Å². The number of carbonyl (C=O) groups is 1. The summed E-state index contributed by atoms with van der Waals surface area (Å²) >= 11 is 0. The maximum absolute atomic E-state index is 12.9. The highest BCUT2D eigenvalue weighted by molar-refractivity contribution is 5.78. The van der Waals surface area contributed by atoms with Crippen molar-refractivity contribution in [3.63, 3.8) is 0 Å². The highest BCUT2D eigenvalue weighted by atomic mass is 16.5. The number of nitrogens with zero attached hydrogens (tertiary/aromatic N) is 4. The summed E-state index contributed by atoms with van der Waals surface area (Å²) in [6, 6.07) is 3.42. The van der Waals surface area contributed by atoms with Crippen LogP contribution in [-0.2, 0) is 18.3 Å². The van der Waals surface area contributed by atoms with Gasteiger partial charge in [0.15, 0.2) is 0 Å². The number of hydrogen-bond donors (Lipinski definition) is 2. The number of nitrogens with two attached hydrogens (primary N) is 1. The molecular formula is C17H17N5O5. The minimum absolute atomic E-state index is 0.0309. The van der Waals surface area contributed by atoms with Crippen molar-refractivity contribution in [1.82, 2.24) is 19.1 Å². The fourth-order valence-corrected chi connectivity index (χ4v) is 2.65. The van der Waals surface area contributed by atoms with Crippen molar-refractivity contribution in [3.05, 3.63) is 57.1 Å². The van der Waals surface area contributed by atoms with Crippen molar-refractivity contribution in [2.24, 2.45) is 12.8 Å². The second-order valence-electron chi connectivity index (χ2n) is 5.88. The minimum Gasteiger partial charge on any atom is -0.481 e. The topological polar surface area (TPSA) is 142 Å². The molecule has 3 heterocycles. The summed E-state index contributed by atoms with van der Waals surface area (Å²) in [6.07, 6.45) is 2.76. The average Bonchev–Trinajstić information content (AvgIpc) is 2.67. The fourth-order valence-electron chi connectivity index (χ4n) is 2.65. The normalized spacial score (nSPS) is 12.1. The number of aliphatic carboxylic acids is 1. The van der Waals surface area contributed by atoms with Crippen LogP contribution >= 0.6 is 0 Å². The molecule has 0 aliphatic heterocycles. The summed E-state index contributed by atoms with van der Waals surface area (Å²) in [6.45, 7) is 0. The molecule has 0 spiro atoms. The Kier molecular flexibility index (Phi) is 4.74. The maximum Gasteiger partial charge on any atom is 0.335 e. The molecule has 0 radical (unpaired) electrons. The molecule has 10 nitrogen and oxygen atoms in total. The number of aromatic nitrogens is 4. The average molecular weight is 371 g/mol. The molecule has 1 unspecified atom stereocenters. The molecule has 0 aliphatic rings. The van der Waals surface area contributed by atoms with Crippen LogP contribution in [0, 0.1) is 0 Å². The monoisotopic (exact) mass is 371 g/mol. The van der Waals surface area contributed by atoms with E-state index in [2.05, 4.69) is 9.97 Å². The number of aryl methyl sites for hydroxylation is 1. The van der Waals surface area contributed by atoms with E-state index >= 15 is 0 Å². The number of pyridine rings is 2. The van der Waals surface area contributed by atoms with E-state index in [1.807, 2.05) is 0 Å². The minimum atomic E-state index is -1.14. The van der Waals surface area contributed by atoms with Crippen LogP contribution in [-0.4, -0.2) is 43.3 Å². The Morgan fingerprint density at radius 2 is 2.04 bits per heavy atom. The number of carboxylic acids is 1. The van der Waals surface area contributed by atoms with Crippen LogP contribution < -0.4 is 21.7 Å². The van der Waals surface area contributed by atoms with Gasteiger partial charge in [-0.25, -0.2) is 14.3 Å². The fraction of sp³-hybridized carbons (Fsp3) is 0.235. The van der Waals surface area contributed by atoms with Crippen LogP contribution in [0.4, 0.5) is 0 Å². The maximum atomic E-state index is 12.9. The van der Waals surface area contributed by atoms with Gasteiger partial charge in [-0.2, -0.15) is 0 Å². The van der Waals surface area contributed by atoms with Crippen LogP contribution in [0.3, 0.4) is 0 Å². The lowest BCUT2D eigenvalue weighted by molar-refractivity contribution is -0.138. The van der Waals surface area contributed by atoms with E-state index in [0.717, 1.165) is 4.57 Å². The summed E-state index contributed by atoms with van der Waals surface area (Å²) in [4.78, 5) is 44.5. The summed E-state index contributed by atoms with van der Waals surface area (Å²) in [5.74, 6) is -0.885. The van der Waals surface area contributed by atoms with Crippen molar-refractivity contribution >= 4 is 16.9 Å². The zero-order valence-electron chi connectivity index (χ0n) is 14.6. The first-order chi connectivity index (χ1) is 12.8. The van der Waals surface area contributed by atoms with Gasteiger partial charge in [0.1, 0.15) is 6.04 Å². The molecule has 0 aliphatic carbocycles. The highest BCUT2D eigenvalue weighted by Gasteiger charge is 2.16. The second-order valence-corrected chi connectivity index (χ2v) is 5.88. The van der Waals surface area contributed by atoms with Crippen LogP contribution in [0.2, 0.25) is 0 Å². The first-order valence-corrected chi connectivity index (χ1v) is 7.93. The summed E-state index contributed by atoms with van der Waals surface area (Å²) in [5, 5.41) is 9.13. The highest BCUT2D eigenvalue weighted by Crippen LogP contribution is 2.14. The number of carboxylic acid groups (broad SMARTS) is 1. The van der Waals surface area contributed by atoms with Crippen molar-refractivity contribution in [2.75, 3.05) is 7.11 Å².